The first-order chi connectivity index (χ1) is 15.8. The lowest BCUT2D eigenvalue weighted by Crippen LogP contribution is -2.31. The maximum atomic E-state index is 14.2. The zero-order valence-electron chi connectivity index (χ0n) is 19.1. The van der Waals surface area contributed by atoms with Crippen molar-refractivity contribution in [2.45, 2.75) is 100 Å². The van der Waals surface area contributed by atoms with Gasteiger partial charge in [0.2, 0.25) is 0 Å². The smallest absolute Gasteiger partial charge is 0.170 e. The molecule has 2 unspecified atom stereocenters. The summed E-state index contributed by atoms with van der Waals surface area (Å²) in [4.78, 5) is 19.3. The molecule has 2 aromatic rings. The van der Waals surface area contributed by atoms with E-state index in [-0.39, 0.29) is 24.2 Å². The van der Waals surface area contributed by atoms with Crippen molar-refractivity contribution < 1.29 is 4.79 Å². The van der Waals surface area contributed by atoms with Gasteiger partial charge < -0.3 is 0 Å². The molecule has 2 saturated heterocycles. The molecule has 4 fully saturated rings. The molecule has 2 aliphatic carbocycles. The van der Waals surface area contributed by atoms with E-state index in [2.05, 4.69) is 70.5 Å². The molecule has 2 heterocycles. The highest BCUT2D eigenvalue weighted by molar-refractivity contribution is 5.96. The molecule has 0 aromatic heterocycles. The molecule has 2 aliphatic heterocycles. The van der Waals surface area contributed by atoms with Crippen molar-refractivity contribution in [1.82, 2.24) is 9.80 Å². The van der Waals surface area contributed by atoms with Gasteiger partial charge in [-0.2, -0.15) is 0 Å². The van der Waals surface area contributed by atoms with Crippen molar-refractivity contribution in [1.29, 1.82) is 0 Å². The number of Topliss-reactive ketones (excluding diaryl/α,β-unsaturated/α-hetero) is 1. The first-order valence-corrected chi connectivity index (χ1v) is 13.0. The van der Waals surface area contributed by atoms with Gasteiger partial charge in [-0.15, -0.1) is 0 Å². The van der Waals surface area contributed by atoms with Gasteiger partial charge in [0.05, 0.1) is 24.2 Å². The SMILES string of the molecule is O=C([C@@H]1[C@@H](c2ccccc2)N1C1CCCCC1)[C@H]1[C@H](c2ccccc2)N1C1CCCCC1. The zero-order chi connectivity index (χ0) is 21.5. The largest absolute Gasteiger partial charge is 0.296 e. The van der Waals surface area contributed by atoms with Gasteiger partial charge in [-0.1, -0.05) is 99.2 Å². The Morgan fingerprint density at radius 1 is 0.562 bits per heavy atom. The van der Waals surface area contributed by atoms with Crippen LogP contribution >= 0.6 is 0 Å². The Kier molecular flexibility index (Phi) is 5.64. The van der Waals surface area contributed by atoms with Crippen molar-refractivity contribution in [2.75, 3.05) is 0 Å². The van der Waals surface area contributed by atoms with Crippen LogP contribution in [0.15, 0.2) is 60.7 Å². The highest BCUT2D eigenvalue weighted by Crippen LogP contribution is 2.55. The quantitative estimate of drug-likeness (QED) is 0.522. The van der Waals surface area contributed by atoms with Crippen LogP contribution in [0, 0.1) is 0 Å². The summed E-state index contributed by atoms with van der Waals surface area (Å²) in [7, 11) is 0. The van der Waals surface area contributed by atoms with Gasteiger partial charge in [-0.25, -0.2) is 0 Å². The molecule has 0 spiro atoms. The maximum Gasteiger partial charge on any atom is 0.170 e. The fourth-order valence-corrected chi connectivity index (χ4v) is 6.95. The van der Waals surface area contributed by atoms with E-state index in [0.717, 1.165) is 0 Å². The lowest BCUT2D eigenvalue weighted by molar-refractivity contribution is -0.120. The van der Waals surface area contributed by atoms with Crippen LogP contribution in [0.3, 0.4) is 0 Å². The molecule has 2 aromatic carbocycles. The summed E-state index contributed by atoms with van der Waals surface area (Å²) < 4.78 is 0. The van der Waals surface area contributed by atoms with Crippen LogP contribution < -0.4 is 0 Å². The number of carbonyl (C=O) groups excluding carboxylic acids is 1. The van der Waals surface area contributed by atoms with Gasteiger partial charge >= 0.3 is 0 Å². The van der Waals surface area contributed by atoms with E-state index in [1.54, 1.807) is 0 Å². The Morgan fingerprint density at radius 2 is 0.938 bits per heavy atom. The van der Waals surface area contributed by atoms with E-state index in [1.807, 2.05) is 0 Å². The lowest BCUT2D eigenvalue weighted by atomic mass is 9.95. The average Bonchev–Trinajstić information content (AvgIpc) is 3.79. The second-order valence-electron chi connectivity index (χ2n) is 10.5. The van der Waals surface area contributed by atoms with Crippen LogP contribution in [0.25, 0.3) is 0 Å². The van der Waals surface area contributed by atoms with E-state index in [0.29, 0.717) is 17.9 Å². The van der Waals surface area contributed by atoms with Gasteiger partial charge in [0, 0.05) is 12.1 Å². The van der Waals surface area contributed by atoms with Crippen molar-refractivity contribution in [2.24, 2.45) is 0 Å². The number of benzene rings is 2. The van der Waals surface area contributed by atoms with Crippen LogP contribution in [0.5, 0.6) is 0 Å². The molecular formula is C29H36N2O. The first kappa shape index (κ1) is 20.6. The molecular weight excluding hydrogens is 392 g/mol. The van der Waals surface area contributed by atoms with E-state index in [4.69, 9.17) is 0 Å². The second-order valence-corrected chi connectivity index (χ2v) is 10.5. The van der Waals surface area contributed by atoms with Gasteiger partial charge in [-0.05, 0) is 36.8 Å². The van der Waals surface area contributed by atoms with Gasteiger partial charge in [0.15, 0.2) is 5.78 Å². The third-order valence-electron chi connectivity index (χ3n) is 8.56. The molecule has 0 bridgehead atoms. The van der Waals surface area contributed by atoms with Crippen molar-refractivity contribution in [3.8, 4) is 0 Å². The number of hydrogen-bond donors (Lipinski definition) is 0. The average molecular weight is 429 g/mol. The van der Waals surface area contributed by atoms with Crippen molar-refractivity contribution in [3.05, 3.63) is 71.8 Å². The highest BCUT2D eigenvalue weighted by Gasteiger charge is 2.64. The minimum absolute atomic E-state index is 0.0744. The normalized spacial score (nSPS) is 35.4. The van der Waals surface area contributed by atoms with Gasteiger partial charge in [0.25, 0.3) is 0 Å². The number of hydrogen-bond acceptors (Lipinski definition) is 3. The Balaban J connectivity index is 1.28. The fourth-order valence-electron chi connectivity index (χ4n) is 6.95. The number of carbonyl (C=O) groups is 1. The van der Waals surface area contributed by atoms with Crippen LogP contribution in [-0.2, 0) is 4.79 Å². The van der Waals surface area contributed by atoms with E-state index in [9.17, 15) is 4.79 Å². The van der Waals surface area contributed by atoms with E-state index >= 15 is 0 Å². The van der Waals surface area contributed by atoms with Gasteiger partial charge in [-0.3, -0.25) is 14.6 Å². The molecule has 3 heteroatoms. The molecule has 168 valence electrons. The minimum Gasteiger partial charge on any atom is -0.296 e. The summed E-state index contributed by atoms with van der Waals surface area (Å²) in [5, 5.41) is 0. The van der Waals surface area contributed by atoms with Crippen LogP contribution in [0.1, 0.15) is 87.4 Å². The predicted octanol–water partition coefficient (Wildman–Crippen LogP) is 6.07. The summed E-state index contributed by atoms with van der Waals surface area (Å²) in [6.45, 7) is 0. The Hall–Kier alpha value is -1.97. The Bertz CT molecular complexity index is 841. The molecule has 0 N–H and O–H groups in total. The molecule has 4 aliphatic rings. The van der Waals surface area contributed by atoms with Crippen LogP contribution in [0.2, 0.25) is 0 Å². The molecule has 6 atom stereocenters. The summed E-state index contributed by atoms with van der Waals surface area (Å²) in [5.41, 5.74) is 2.66. The Morgan fingerprint density at radius 3 is 1.31 bits per heavy atom. The van der Waals surface area contributed by atoms with Crippen molar-refractivity contribution >= 4 is 5.78 Å². The van der Waals surface area contributed by atoms with E-state index in [1.165, 1.54) is 75.3 Å². The molecule has 6 rings (SSSR count). The Labute approximate surface area is 192 Å². The molecule has 3 nitrogen and oxygen atoms in total. The predicted molar refractivity (Wildman–Crippen MR) is 128 cm³/mol. The lowest BCUT2D eigenvalue weighted by Gasteiger charge is -2.25. The number of rotatable bonds is 6. The minimum atomic E-state index is 0.0744. The first-order valence-electron chi connectivity index (χ1n) is 13.0. The van der Waals surface area contributed by atoms with Crippen molar-refractivity contribution in [3.63, 3.8) is 0 Å². The highest BCUT2D eigenvalue weighted by atomic mass is 16.1. The fraction of sp³-hybridized carbons (Fsp3) is 0.552. The third-order valence-corrected chi connectivity index (χ3v) is 8.56. The molecule has 0 radical (unpaired) electrons. The number of nitrogens with zero attached hydrogens (tertiary/aromatic N) is 2. The van der Waals surface area contributed by atoms with Crippen LogP contribution in [-0.4, -0.2) is 39.8 Å². The topological polar surface area (TPSA) is 23.1 Å². The summed E-state index contributed by atoms with van der Waals surface area (Å²) in [6.07, 6.45) is 13.0. The maximum absolute atomic E-state index is 14.2. The molecule has 32 heavy (non-hydrogen) atoms. The monoisotopic (exact) mass is 428 g/mol. The summed E-state index contributed by atoms with van der Waals surface area (Å²) in [5.74, 6) is 0.490. The van der Waals surface area contributed by atoms with E-state index < -0.39 is 0 Å². The standard InChI is InChI=1S/C29H36N2O/c32-29(27-25(21-13-5-1-6-14-21)30(27)23-17-9-3-10-18-23)28-26(22-15-7-2-8-16-22)31(28)24-19-11-4-12-20-24/h1-2,5-8,13-16,23-28H,3-4,9-12,17-20H2/t25-,26+,27+,28-,30?,31?. The summed E-state index contributed by atoms with van der Waals surface area (Å²) >= 11 is 0. The number of ketones is 1. The zero-order valence-corrected chi connectivity index (χ0v) is 19.1. The molecule has 0 amide bonds. The van der Waals surface area contributed by atoms with Gasteiger partial charge in [0.1, 0.15) is 0 Å². The summed E-state index contributed by atoms with van der Waals surface area (Å²) in [6, 6.07) is 23.5. The second kappa shape index (κ2) is 8.76. The molecule has 2 saturated carbocycles. The third kappa shape index (κ3) is 3.74. The van der Waals surface area contributed by atoms with Crippen LogP contribution in [0.4, 0.5) is 0 Å².